The van der Waals surface area contributed by atoms with Crippen LogP contribution in [0, 0.1) is 0 Å². The molecule has 4 heterocycles. The lowest BCUT2D eigenvalue weighted by Gasteiger charge is -2.19. The van der Waals surface area contributed by atoms with Gasteiger partial charge in [-0.2, -0.15) is 0 Å². The van der Waals surface area contributed by atoms with Gasteiger partial charge in [-0.1, -0.05) is 164 Å². The van der Waals surface area contributed by atoms with E-state index >= 15 is 0 Å². The van der Waals surface area contributed by atoms with Gasteiger partial charge < -0.3 is 13.7 Å². The summed E-state index contributed by atoms with van der Waals surface area (Å²) in [5.41, 5.74) is 14.7. The van der Waals surface area contributed by atoms with Gasteiger partial charge in [0.15, 0.2) is 5.82 Å². The Hall–Kier alpha value is -8.54. The maximum atomic E-state index is 5.48. The van der Waals surface area contributed by atoms with Crippen molar-refractivity contribution in [2.24, 2.45) is 0 Å². The molecule has 0 fully saturated rings. The van der Waals surface area contributed by atoms with Crippen molar-refractivity contribution in [3.05, 3.63) is 224 Å². The highest BCUT2D eigenvalue weighted by Crippen LogP contribution is 2.43. The molecule has 0 aliphatic carbocycles. The first-order valence-corrected chi connectivity index (χ1v) is 21.4. The van der Waals surface area contributed by atoms with E-state index in [0.717, 1.165) is 66.9 Å². The second kappa shape index (κ2) is 14.0. The van der Waals surface area contributed by atoms with E-state index < -0.39 is 0 Å². The zero-order chi connectivity index (χ0) is 41.4. The predicted octanol–water partition coefficient (Wildman–Crippen LogP) is 14.8. The molecule has 0 saturated heterocycles. The number of fused-ring (bicyclic) bond motifs is 9. The molecule has 0 aliphatic heterocycles. The summed E-state index contributed by atoms with van der Waals surface area (Å²) in [6.07, 6.45) is 0. The molecule has 63 heavy (non-hydrogen) atoms. The van der Waals surface area contributed by atoms with Crippen LogP contribution in [0.3, 0.4) is 0 Å². The zero-order valence-corrected chi connectivity index (χ0v) is 34.1. The quantitative estimate of drug-likeness (QED) is 0.168. The standard InChI is InChI=1S/C58H37N5/c1-4-18-38(19-5-1)55-57(56(39-20-6-2-7-21-39)60-58(59-55)40-22-8-3-9-23-40)63-53-34-32-41(61-49-28-14-10-24-43(49)44-25-11-15-29-50(44)61)36-47(53)48-37-42(33-35-54(48)63)62-51-30-16-12-26-45(51)46-27-13-17-31-52(46)62/h1-37H. The minimum atomic E-state index is 0.681. The van der Waals surface area contributed by atoms with Crippen LogP contribution in [0.5, 0.6) is 0 Å². The predicted molar refractivity (Wildman–Crippen MR) is 261 cm³/mol. The lowest BCUT2D eigenvalue weighted by Crippen LogP contribution is -2.07. The van der Waals surface area contributed by atoms with Crippen molar-refractivity contribution in [2.75, 3.05) is 0 Å². The van der Waals surface area contributed by atoms with Crippen LogP contribution in [-0.2, 0) is 0 Å². The van der Waals surface area contributed by atoms with Gasteiger partial charge in [-0.25, -0.2) is 9.97 Å². The Morgan fingerprint density at radius 2 is 0.571 bits per heavy atom. The molecule has 0 aliphatic rings. The largest absolute Gasteiger partial charge is 0.309 e. The van der Waals surface area contributed by atoms with Gasteiger partial charge in [-0.3, -0.25) is 0 Å². The first-order valence-electron chi connectivity index (χ1n) is 21.4. The molecule has 9 aromatic carbocycles. The van der Waals surface area contributed by atoms with E-state index in [2.05, 4.69) is 220 Å². The van der Waals surface area contributed by atoms with Crippen LogP contribution in [0.25, 0.3) is 116 Å². The highest BCUT2D eigenvalue weighted by Gasteiger charge is 2.25. The summed E-state index contributed by atoms with van der Waals surface area (Å²) in [5.74, 6) is 0.681. The van der Waals surface area contributed by atoms with Gasteiger partial charge in [0.1, 0.15) is 0 Å². The maximum Gasteiger partial charge on any atom is 0.160 e. The molecule has 5 heteroatoms. The number of aromatic nitrogens is 5. The molecular weight excluding hydrogens is 767 g/mol. The van der Waals surface area contributed by atoms with Crippen LogP contribution in [-0.4, -0.2) is 23.7 Å². The Balaban J connectivity index is 1.17. The van der Waals surface area contributed by atoms with E-state index in [1.165, 1.54) is 43.6 Å². The number of hydrogen-bond acceptors (Lipinski definition) is 2. The summed E-state index contributed by atoms with van der Waals surface area (Å²) < 4.78 is 7.23. The van der Waals surface area contributed by atoms with E-state index in [-0.39, 0.29) is 0 Å². The van der Waals surface area contributed by atoms with Crippen molar-refractivity contribution in [3.8, 4) is 51.0 Å². The molecule has 0 bridgehead atoms. The fourth-order valence-corrected chi connectivity index (χ4v) is 9.90. The summed E-state index contributed by atoms with van der Waals surface area (Å²) in [6, 6.07) is 80.2. The average molecular weight is 804 g/mol. The first-order chi connectivity index (χ1) is 31.3. The summed E-state index contributed by atoms with van der Waals surface area (Å²) in [6.45, 7) is 0. The van der Waals surface area contributed by atoms with Crippen molar-refractivity contribution < 1.29 is 0 Å². The van der Waals surface area contributed by atoms with Crippen LogP contribution < -0.4 is 0 Å². The van der Waals surface area contributed by atoms with Gasteiger partial charge in [-0.15, -0.1) is 0 Å². The Labute approximate surface area is 363 Å². The van der Waals surface area contributed by atoms with Crippen LogP contribution in [0.15, 0.2) is 224 Å². The fraction of sp³-hybridized carbons (Fsp3) is 0. The highest BCUT2D eigenvalue weighted by molar-refractivity contribution is 6.14. The molecule has 0 N–H and O–H groups in total. The van der Waals surface area contributed by atoms with Crippen molar-refractivity contribution in [1.29, 1.82) is 0 Å². The molecule has 4 aromatic heterocycles. The van der Waals surface area contributed by atoms with Gasteiger partial charge in [0.2, 0.25) is 0 Å². The molecule has 0 amide bonds. The molecule has 0 saturated carbocycles. The van der Waals surface area contributed by atoms with Gasteiger partial charge in [0.25, 0.3) is 0 Å². The minimum absolute atomic E-state index is 0.681. The molecule has 0 atom stereocenters. The summed E-state index contributed by atoms with van der Waals surface area (Å²) in [4.78, 5) is 11.0. The highest BCUT2D eigenvalue weighted by atomic mass is 15.1. The van der Waals surface area contributed by atoms with Crippen molar-refractivity contribution in [2.45, 2.75) is 0 Å². The van der Waals surface area contributed by atoms with Crippen LogP contribution in [0.2, 0.25) is 0 Å². The van der Waals surface area contributed by atoms with Gasteiger partial charge in [-0.05, 0) is 60.7 Å². The number of hydrogen-bond donors (Lipinski definition) is 0. The summed E-state index contributed by atoms with van der Waals surface area (Å²) in [7, 11) is 0. The maximum absolute atomic E-state index is 5.48. The van der Waals surface area contributed by atoms with E-state index in [4.69, 9.17) is 9.97 Å². The van der Waals surface area contributed by atoms with Crippen LogP contribution >= 0.6 is 0 Å². The second-order valence-corrected chi connectivity index (χ2v) is 16.2. The normalized spacial score (nSPS) is 11.8. The SMILES string of the molecule is c1ccc(-c2nc(-c3ccccc3)c(-n3c4ccc(-n5c6ccccc6c6ccccc65)cc4c4cc(-n5c6ccccc6c6ccccc65)ccc43)c(-c3ccccc3)n2)cc1. The topological polar surface area (TPSA) is 40.6 Å². The van der Waals surface area contributed by atoms with E-state index in [0.29, 0.717) is 5.82 Å². The zero-order valence-electron chi connectivity index (χ0n) is 34.1. The number of rotatable bonds is 6. The molecule has 5 nitrogen and oxygen atoms in total. The number of nitrogens with zero attached hydrogens (tertiary/aromatic N) is 5. The summed E-state index contributed by atoms with van der Waals surface area (Å²) >= 11 is 0. The van der Waals surface area contributed by atoms with Crippen LogP contribution in [0.1, 0.15) is 0 Å². The molecule has 294 valence electrons. The monoisotopic (exact) mass is 803 g/mol. The lowest BCUT2D eigenvalue weighted by atomic mass is 10.0. The van der Waals surface area contributed by atoms with Crippen molar-refractivity contribution in [3.63, 3.8) is 0 Å². The number of benzene rings is 9. The smallest absolute Gasteiger partial charge is 0.160 e. The van der Waals surface area contributed by atoms with Gasteiger partial charge in [0, 0.05) is 60.4 Å². The van der Waals surface area contributed by atoms with Crippen molar-refractivity contribution in [1.82, 2.24) is 23.7 Å². The first kappa shape index (κ1) is 35.2. The minimum Gasteiger partial charge on any atom is -0.309 e. The molecule has 13 rings (SSSR count). The molecule has 13 aromatic rings. The molecule has 0 radical (unpaired) electrons. The number of para-hydroxylation sites is 4. The molecular formula is C58H37N5. The van der Waals surface area contributed by atoms with E-state index in [9.17, 15) is 0 Å². The average Bonchev–Trinajstić information content (AvgIpc) is 3.99. The Morgan fingerprint density at radius 1 is 0.254 bits per heavy atom. The van der Waals surface area contributed by atoms with Gasteiger partial charge >= 0.3 is 0 Å². The van der Waals surface area contributed by atoms with Crippen LogP contribution in [0.4, 0.5) is 0 Å². The fourth-order valence-electron chi connectivity index (χ4n) is 9.90. The molecule has 0 spiro atoms. The van der Waals surface area contributed by atoms with Gasteiger partial charge in [0.05, 0.1) is 50.2 Å². The Kier molecular flexibility index (Phi) is 7.84. The third kappa shape index (κ3) is 5.43. The Morgan fingerprint density at radius 3 is 0.952 bits per heavy atom. The third-order valence-electron chi connectivity index (χ3n) is 12.6. The Bertz CT molecular complexity index is 3560. The third-order valence-corrected chi connectivity index (χ3v) is 12.6. The van der Waals surface area contributed by atoms with Crippen molar-refractivity contribution >= 4 is 65.4 Å². The molecule has 0 unspecified atom stereocenters. The van der Waals surface area contributed by atoms with E-state index in [1.807, 2.05) is 18.2 Å². The second-order valence-electron chi connectivity index (χ2n) is 16.2. The lowest BCUT2D eigenvalue weighted by molar-refractivity contribution is 1.09. The van der Waals surface area contributed by atoms with E-state index in [1.54, 1.807) is 0 Å². The summed E-state index contributed by atoms with van der Waals surface area (Å²) in [5, 5.41) is 7.22.